The van der Waals surface area contributed by atoms with Crippen molar-refractivity contribution in [1.82, 2.24) is 0 Å². The van der Waals surface area contributed by atoms with E-state index in [9.17, 15) is 0 Å². The number of nitrogens with zero attached hydrogens (tertiary/aromatic N) is 2. The Morgan fingerprint density at radius 3 is 1.70 bits per heavy atom. The fourth-order valence-electron chi connectivity index (χ4n) is 0.491. The zero-order valence-electron chi connectivity index (χ0n) is 4.68. The highest BCUT2D eigenvalue weighted by Crippen LogP contribution is 2.47. The molecule has 0 saturated carbocycles. The van der Waals surface area contributed by atoms with Crippen LogP contribution in [0, 0.1) is 0 Å². The van der Waals surface area contributed by atoms with Gasteiger partial charge >= 0.3 is 0 Å². The lowest BCUT2D eigenvalue weighted by Crippen LogP contribution is -1.64. The molecule has 0 amide bonds. The molecule has 0 unspecified atom stereocenters. The zero-order chi connectivity index (χ0) is 6.81. The molecule has 52 valence electrons. The smallest absolute Gasteiger partial charge is 0.0914 e. The summed E-state index contributed by atoms with van der Waals surface area (Å²) in [5.74, 6) is 0. The number of thioether (sulfide) groups is 2. The Labute approximate surface area is 75.7 Å². The summed E-state index contributed by atoms with van der Waals surface area (Å²) in [7, 11) is 0. The van der Waals surface area contributed by atoms with Gasteiger partial charge in [0.1, 0.15) is 0 Å². The first kappa shape index (κ1) is 7.15. The van der Waals surface area contributed by atoms with E-state index in [1.165, 1.54) is 32.4 Å². The van der Waals surface area contributed by atoms with Gasteiger partial charge in [0.15, 0.2) is 0 Å². The van der Waals surface area contributed by atoms with Gasteiger partial charge in [0.2, 0.25) is 0 Å². The van der Waals surface area contributed by atoms with Gasteiger partial charge in [0.05, 0.1) is 19.6 Å². The highest BCUT2D eigenvalue weighted by atomic mass is 32.2. The molecule has 0 spiro atoms. The minimum absolute atomic E-state index is 1.26. The van der Waals surface area contributed by atoms with E-state index in [0.29, 0.717) is 0 Å². The average molecular weight is 206 g/mol. The molecule has 0 bridgehead atoms. The Balaban J connectivity index is 2.14. The summed E-state index contributed by atoms with van der Waals surface area (Å²) in [6, 6.07) is 0. The molecule has 0 aromatic heterocycles. The molecular formula is C4H2N2S4. The summed E-state index contributed by atoms with van der Waals surface area (Å²) in [6.07, 6.45) is 0. The predicted molar refractivity (Wildman–Crippen MR) is 54.4 cm³/mol. The van der Waals surface area contributed by atoms with Crippen LogP contribution in [0.5, 0.6) is 0 Å². The summed E-state index contributed by atoms with van der Waals surface area (Å²) in [4.78, 5) is 0. The van der Waals surface area contributed by atoms with E-state index in [1.54, 1.807) is 23.5 Å². The Morgan fingerprint density at radius 2 is 1.40 bits per heavy atom. The molecule has 0 fully saturated rings. The van der Waals surface area contributed by atoms with Crippen molar-refractivity contribution in [2.75, 3.05) is 0 Å². The van der Waals surface area contributed by atoms with Crippen molar-refractivity contribution < 1.29 is 0 Å². The normalized spacial score (nSPS) is 30.4. The molecule has 0 aliphatic carbocycles. The molecule has 0 aromatic carbocycles. The van der Waals surface area contributed by atoms with Crippen molar-refractivity contribution in [3.05, 3.63) is 8.47 Å². The maximum Gasteiger partial charge on any atom is 0.0914 e. The molecular weight excluding hydrogens is 204 g/mol. The van der Waals surface area contributed by atoms with E-state index in [-0.39, 0.29) is 0 Å². The van der Waals surface area contributed by atoms with E-state index in [2.05, 4.69) is 8.80 Å². The monoisotopic (exact) mass is 206 g/mol. The Hall–Kier alpha value is 0.480. The van der Waals surface area contributed by atoms with Crippen molar-refractivity contribution in [3.8, 4) is 0 Å². The molecule has 6 heteroatoms. The Morgan fingerprint density at radius 1 is 0.900 bits per heavy atom. The first-order chi connectivity index (χ1) is 4.97. The molecule has 2 aliphatic rings. The van der Waals surface area contributed by atoms with E-state index < -0.39 is 0 Å². The number of hydrogen-bond donors (Lipinski definition) is 0. The minimum atomic E-state index is 1.26. The molecule has 0 aromatic rings. The quantitative estimate of drug-likeness (QED) is 0.569. The van der Waals surface area contributed by atoms with Crippen LogP contribution in [0.4, 0.5) is 0 Å². The lowest BCUT2D eigenvalue weighted by atomic mass is 11.2. The van der Waals surface area contributed by atoms with Crippen LogP contribution in [0.15, 0.2) is 17.3 Å². The van der Waals surface area contributed by atoms with E-state index in [0.717, 1.165) is 0 Å². The first-order valence-electron chi connectivity index (χ1n) is 2.42. The second-order valence-corrected chi connectivity index (χ2v) is 5.24. The summed E-state index contributed by atoms with van der Waals surface area (Å²) in [5, 5.41) is 0. The van der Waals surface area contributed by atoms with Crippen LogP contribution in [0.2, 0.25) is 0 Å². The Bertz CT molecular complexity index is 187. The van der Waals surface area contributed by atoms with E-state index in [1.807, 2.05) is 11.1 Å². The molecule has 0 saturated heterocycles. The molecule has 10 heavy (non-hydrogen) atoms. The van der Waals surface area contributed by atoms with E-state index >= 15 is 0 Å². The van der Waals surface area contributed by atoms with Crippen molar-refractivity contribution in [3.63, 3.8) is 0 Å². The third-order valence-corrected chi connectivity index (χ3v) is 5.07. The van der Waals surface area contributed by atoms with Gasteiger partial charge in [-0.05, 0) is 0 Å². The van der Waals surface area contributed by atoms with Gasteiger partial charge in [0.25, 0.3) is 0 Å². The topological polar surface area (TPSA) is 24.7 Å². The number of hydrogen-bond acceptors (Lipinski definition) is 6. The predicted octanol–water partition coefficient (Wildman–Crippen LogP) is 2.96. The summed E-state index contributed by atoms with van der Waals surface area (Å²) < 4.78 is 10.6. The SMILES string of the molecule is C1=NS/C(=C2\SC=NS2)S1. The van der Waals surface area contributed by atoms with Gasteiger partial charge in [-0.2, -0.15) is 0 Å². The minimum Gasteiger partial charge on any atom is -0.212 e. The maximum atomic E-state index is 4.02. The van der Waals surface area contributed by atoms with Crippen LogP contribution < -0.4 is 0 Å². The molecule has 2 rings (SSSR count). The summed E-state index contributed by atoms with van der Waals surface area (Å²) >= 11 is 6.40. The van der Waals surface area contributed by atoms with Crippen molar-refractivity contribution >= 4 is 58.5 Å². The van der Waals surface area contributed by atoms with Gasteiger partial charge in [-0.1, -0.05) is 23.5 Å². The van der Waals surface area contributed by atoms with Crippen molar-refractivity contribution in [2.45, 2.75) is 0 Å². The fraction of sp³-hybridized carbons (Fsp3) is 0. The lowest BCUT2D eigenvalue weighted by Gasteiger charge is -1.93. The number of rotatable bonds is 0. The third kappa shape index (κ3) is 1.39. The second-order valence-electron chi connectivity index (χ2n) is 1.41. The molecule has 2 aliphatic heterocycles. The largest absolute Gasteiger partial charge is 0.212 e. The van der Waals surface area contributed by atoms with Crippen LogP contribution in [0.25, 0.3) is 0 Å². The second kappa shape index (κ2) is 3.25. The first-order valence-corrected chi connectivity index (χ1v) is 5.73. The van der Waals surface area contributed by atoms with Crippen LogP contribution in [-0.2, 0) is 0 Å². The van der Waals surface area contributed by atoms with Gasteiger partial charge in [-0.3, -0.25) is 0 Å². The van der Waals surface area contributed by atoms with Crippen LogP contribution in [0.1, 0.15) is 0 Å². The Kier molecular flexibility index (Phi) is 2.32. The average Bonchev–Trinajstić information content (AvgIpc) is 2.59. The van der Waals surface area contributed by atoms with Crippen molar-refractivity contribution in [2.24, 2.45) is 8.80 Å². The van der Waals surface area contributed by atoms with Crippen LogP contribution in [-0.4, -0.2) is 11.1 Å². The maximum absolute atomic E-state index is 4.02. The van der Waals surface area contributed by atoms with Crippen LogP contribution in [0.3, 0.4) is 0 Å². The molecule has 2 nitrogen and oxygen atoms in total. The van der Waals surface area contributed by atoms with Gasteiger partial charge < -0.3 is 0 Å². The summed E-state index contributed by atoms with van der Waals surface area (Å²) in [5.41, 5.74) is 3.71. The standard InChI is InChI=1S/C4H2N2S4/c1-5-9-3(7-1)4-8-2-6-10-4/h1-2H/b4-3+. The van der Waals surface area contributed by atoms with Gasteiger partial charge in [0, 0.05) is 23.9 Å². The summed E-state index contributed by atoms with van der Waals surface area (Å²) in [6.45, 7) is 0. The molecule has 0 N–H and O–H groups in total. The van der Waals surface area contributed by atoms with Crippen LogP contribution >= 0.6 is 47.4 Å². The highest BCUT2D eigenvalue weighted by Gasteiger charge is 2.14. The molecule has 0 atom stereocenters. The van der Waals surface area contributed by atoms with Crippen molar-refractivity contribution in [1.29, 1.82) is 0 Å². The van der Waals surface area contributed by atoms with Gasteiger partial charge in [-0.15, -0.1) is 0 Å². The highest BCUT2D eigenvalue weighted by molar-refractivity contribution is 8.36. The molecule has 2 heterocycles. The zero-order valence-corrected chi connectivity index (χ0v) is 7.95. The third-order valence-electron chi connectivity index (χ3n) is 0.843. The molecule has 0 radical (unpaired) electrons. The van der Waals surface area contributed by atoms with E-state index in [4.69, 9.17) is 0 Å². The lowest BCUT2D eigenvalue weighted by molar-refractivity contribution is 2.03. The fourth-order valence-corrected chi connectivity index (χ4v) is 3.79. The van der Waals surface area contributed by atoms with Gasteiger partial charge in [-0.25, -0.2) is 8.80 Å².